The number of thiocarbonyl (C=S) groups is 1. The molecule has 0 bridgehead atoms. The van der Waals surface area contributed by atoms with Crippen LogP contribution in [0.4, 0.5) is 5.69 Å². The van der Waals surface area contributed by atoms with Crippen molar-refractivity contribution in [3.05, 3.63) is 52.5 Å². The van der Waals surface area contributed by atoms with Crippen LogP contribution >= 0.6 is 28.1 Å². The second-order valence-electron chi connectivity index (χ2n) is 7.42. The van der Waals surface area contributed by atoms with Crippen molar-refractivity contribution in [2.75, 3.05) is 19.0 Å². The van der Waals surface area contributed by atoms with Gasteiger partial charge >= 0.3 is 0 Å². The van der Waals surface area contributed by atoms with Crippen LogP contribution in [-0.4, -0.2) is 24.7 Å². The first-order valence-electron chi connectivity index (χ1n) is 10.2. The third kappa shape index (κ3) is 6.71. The number of hydrogen-bond acceptors (Lipinski definition) is 4. The molecule has 0 heterocycles. The van der Waals surface area contributed by atoms with Crippen molar-refractivity contribution < 1.29 is 14.3 Å². The normalized spacial score (nSPS) is 14.1. The lowest BCUT2D eigenvalue weighted by molar-refractivity contribution is 0.0974. The number of anilines is 1. The van der Waals surface area contributed by atoms with E-state index in [0.29, 0.717) is 11.3 Å². The molecule has 0 unspecified atom stereocenters. The van der Waals surface area contributed by atoms with Crippen LogP contribution in [0, 0.1) is 5.92 Å². The highest BCUT2D eigenvalue weighted by Crippen LogP contribution is 2.27. The van der Waals surface area contributed by atoms with Gasteiger partial charge in [0, 0.05) is 10.2 Å². The number of rotatable bonds is 7. The first-order chi connectivity index (χ1) is 14.5. The van der Waals surface area contributed by atoms with Crippen LogP contribution < -0.4 is 20.1 Å². The van der Waals surface area contributed by atoms with E-state index in [1.165, 1.54) is 39.2 Å². The molecule has 1 saturated carbocycles. The van der Waals surface area contributed by atoms with Gasteiger partial charge in [0.1, 0.15) is 11.5 Å². The summed E-state index contributed by atoms with van der Waals surface area (Å²) < 4.78 is 11.9. The molecule has 2 N–H and O–H groups in total. The smallest absolute Gasteiger partial charge is 0.261 e. The highest BCUT2D eigenvalue weighted by Gasteiger charge is 2.15. The first-order valence-corrected chi connectivity index (χ1v) is 11.4. The number of ether oxygens (including phenoxy) is 2. The molecule has 2 aromatic carbocycles. The second kappa shape index (κ2) is 11.3. The summed E-state index contributed by atoms with van der Waals surface area (Å²) in [5.74, 6) is 1.79. The van der Waals surface area contributed by atoms with E-state index in [1.807, 2.05) is 30.3 Å². The number of hydrogen-bond donors (Lipinski definition) is 2. The van der Waals surface area contributed by atoms with Crippen LogP contribution in [0.15, 0.2) is 46.9 Å². The van der Waals surface area contributed by atoms with E-state index < -0.39 is 0 Å². The fourth-order valence-corrected chi connectivity index (χ4v) is 4.22. The fourth-order valence-electron chi connectivity index (χ4n) is 3.64. The molecule has 0 aromatic heterocycles. The Morgan fingerprint density at radius 3 is 2.57 bits per heavy atom. The molecule has 2 aromatic rings. The lowest BCUT2D eigenvalue weighted by Crippen LogP contribution is -2.34. The number of halogens is 1. The van der Waals surface area contributed by atoms with Crippen molar-refractivity contribution in [1.29, 1.82) is 0 Å². The number of methoxy groups -OCH3 is 1. The Kier molecular flexibility index (Phi) is 8.51. The van der Waals surface area contributed by atoms with Crippen LogP contribution in [0.3, 0.4) is 0 Å². The topological polar surface area (TPSA) is 59.6 Å². The Hall–Kier alpha value is -2.12. The van der Waals surface area contributed by atoms with Crippen molar-refractivity contribution in [3.8, 4) is 11.5 Å². The van der Waals surface area contributed by atoms with Crippen LogP contribution in [0.2, 0.25) is 0 Å². The molecule has 0 saturated heterocycles. The standard InChI is InChI=1S/C23H27BrN2O3S/c1-28-21-12-7-17(24)15-20(21)22(27)26-23(30)25-18-8-10-19(11-9-18)29-14-13-16-5-3-2-4-6-16/h7-12,15-16H,2-6,13-14H2,1H3,(H2,25,26,27,30). The Morgan fingerprint density at radius 1 is 1.13 bits per heavy atom. The van der Waals surface area contributed by atoms with Gasteiger partial charge < -0.3 is 14.8 Å². The SMILES string of the molecule is COc1ccc(Br)cc1C(=O)NC(=S)Nc1ccc(OCCC2CCCCC2)cc1. The van der Waals surface area contributed by atoms with Crippen LogP contribution in [0.25, 0.3) is 0 Å². The lowest BCUT2D eigenvalue weighted by atomic mass is 9.87. The minimum absolute atomic E-state index is 0.216. The minimum atomic E-state index is -0.340. The van der Waals surface area contributed by atoms with E-state index >= 15 is 0 Å². The predicted molar refractivity (Wildman–Crippen MR) is 128 cm³/mol. The van der Waals surface area contributed by atoms with E-state index in [-0.39, 0.29) is 11.0 Å². The predicted octanol–water partition coefficient (Wildman–Crippen LogP) is 5.93. The van der Waals surface area contributed by atoms with Crippen molar-refractivity contribution in [1.82, 2.24) is 5.32 Å². The molecule has 1 aliphatic carbocycles. The average Bonchev–Trinajstić information content (AvgIpc) is 2.75. The summed E-state index contributed by atoms with van der Waals surface area (Å²) in [7, 11) is 1.52. The van der Waals surface area contributed by atoms with Crippen molar-refractivity contribution in [3.63, 3.8) is 0 Å². The van der Waals surface area contributed by atoms with E-state index in [2.05, 4.69) is 26.6 Å². The van der Waals surface area contributed by atoms with Crippen molar-refractivity contribution in [2.24, 2.45) is 5.92 Å². The van der Waals surface area contributed by atoms with Crippen LogP contribution in [-0.2, 0) is 0 Å². The molecular formula is C23H27BrN2O3S. The summed E-state index contributed by atoms with van der Waals surface area (Å²) in [5, 5.41) is 5.92. The average molecular weight is 491 g/mol. The molecule has 3 rings (SSSR count). The molecule has 0 aliphatic heterocycles. The summed E-state index contributed by atoms with van der Waals surface area (Å²) in [6, 6.07) is 12.8. The molecule has 1 fully saturated rings. The number of amides is 1. The minimum Gasteiger partial charge on any atom is -0.496 e. The molecule has 5 nitrogen and oxygen atoms in total. The molecule has 1 amide bonds. The lowest BCUT2D eigenvalue weighted by Gasteiger charge is -2.21. The zero-order chi connectivity index (χ0) is 21.3. The Morgan fingerprint density at radius 2 is 1.87 bits per heavy atom. The maximum absolute atomic E-state index is 12.5. The fraction of sp³-hybridized carbons (Fsp3) is 0.391. The third-order valence-corrected chi connectivity index (χ3v) is 5.96. The summed E-state index contributed by atoms with van der Waals surface area (Å²) in [4.78, 5) is 12.5. The zero-order valence-corrected chi connectivity index (χ0v) is 19.5. The summed E-state index contributed by atoms with van der Waals surface area (Å²) in [6.07, 6.45) is 7.88. The van der Waals surface area contributed by atoms with Crippen LogP contribution in [0.5, 0.6) is 11.5 Å². The Balaban J connectivity index is 1.47. The molecule has 0 radical (unpaired) electrons. The van der Waals surface area contributed by atoms with Crippen molar-refractivity contribution in [2.45, 2.75) is 38.5 Å². The molecule has 0 atom stereocenters. The number of benzene rings is 2. The van der Waals surface area contributed by atoms with Gasteiger partial charge in [0.2, 0.25) is 0 Å². The third-order valence-electron chi connectivity index (χ3n) is 5.26. The highest BCUT2D eigenvalue weighted by molar-refractivity contribution is 9.10. The zero-order valence-electron chi connectivity index (χ0n) is 17.1. The van der Waals surface area contributed by atoms with Gasteiger partial charge in [-0.1, -0.05) is 48.0 Å². The largest absolute Gasteiger partial charge is 0.496 e. The van der Waals surface area contributed by atoms with Crippen LogP contribution in [0.1, 0.15) is 48.9 Å². The van der Waals surface area contributed by atoms with Gasteiger partial charge in [0.15, 0.2) is 5.11 Å². The van der Waals surface area contributed by atoms with E-state index in [9.17, 15) is 4.79 Å². The number of nitrogens with one attached hydrogen (secondary N) is 2. The summed E-state index contributed by atoms with van der Waals surface area (Å²) in [5.41, 5.74) is 1.18. The van der Waals surface area contributed by atoms with E-state index in [0.717, 1.165) is 34.9 Å². The molecule has 160 valence electrons. The molecule has 0 spiro atoms. The van der Waals surface area contributed by atoms with Gasteiger partial charge in [0.05, 0.1) is 19.3 Å². The molecule has 7 heteroatoms. The molecular weight excluding hydrogens is 464 g/mol. The Labute approximate surface area is 191 Å². The second-order valence-corrected chi connectivity index (χ2v) is 8.74. The summed E-state index contributed by atoms with van der Waals surface area (Å²) >= 11 is 8.64. The molecule has 30 heavy (non-hydrogen) atoms. The van der Waals surface area contributed by atoms with Gasteiger partial charge in [0.25, 0.3) is 5.91 Å². The molecule has 1 aliphatic rings. The maximum Gasteiger partial charge on any atom is 0.261 e. The number of carbonyl (C=O) groups excluding carboxylic acids is 1. The summed E-state index contributed by atoms with van der Waals surface area (Å²) in [6.45, 7) is 0.750. The van der Waals surface area contributed by atoms with Crippen molar-refractivity contribution >= 4 is 44.9 Å². The number of carbonyl (C=O) groups is 1. The van der Waals surface area contributed by atoms with E-state index in [4.69, 9.17) is 21.7 Å². The van der Waals surface area contributed by atoms with Gasteiger partial charge in [-0.2, -0.15) is 0 Å². The maximum atomic E-state index is 12.5. The van der Waals surface area contributed by atoms with Gasteiger partial charge in [-0.05, 0) is 67.0 Å². The Bertz CT molecular complexity index is 867. The van der Waals surface area contributed by atoms with Gasteiger partial charge in [-0.25, -0.2) is 0 Å². The quantitative estimate of drug-likeness (QED) is 0.470. The monoisotopic (exact) mass is 490 g/mol. The van der Waals surface area contributed by atoms with Gasteiger partial charge in [-0.3, -0.25) is 10.1 Å². The first kappa shape index (κ1) is 22.6. The van der Waals surface area contributed by atoms with Gasteiger partial charge in [-0.15, -0.1) is 0 Å². The highest BCUT2D eigenvalue weighted by atomic mass is 79.9. The van der Waals surface area contributed by atoms with E-state index in [1.54, 1.807) is 12.1 Å².